The summed E-state index contributed by atoms with van der Waals surface area (Å²) in [4.78, 5) is 22.2. The average molecular weight is 481 g/mol. The van der Waals surface area contributed by atoms with E-state index in [1.165, 1.54) is 24.3 Å². The van der Waals surface area contributed by atoms with Gasteiger partial charge in [-0.15, -0.1) is 10.2 Å². The number of rotatable bonds is 3. The van der Waals surface area contributed by atoms with Crippen LogP contribution in [0, 0.1) is 12.7 Å². The maximum atomic E-state index is 13.3. The molecule has 36 heavy (non-hydrogen) atoms. The molecule has 8 heteroatoms. The van der Waals surface area contributed by atoms with Crippen molar-refractivity contribution in [1.82, 2.24) is 24.5 Å². The van der Waals surface area contributed by atoms with E-state index in [9.17, 15) is 9.18 Å². The van der Waals surface area contributed by atoms with Crippen molar-refractivity contribution >= 4 is 28.4 Å². The van der Waals surface area contributed by atoms with E-state index >= 15 is 0 Å². The minimum absolute atomic E-state index is 0.0708. The van der Waals surface area contributed by atoms with E-state index in [-0.39, 0.29) is 17.8 Å². The number of nitrogens with zero attached hydrogens (tertiary/aromatic N) is 6. The van der Waals surface area contributed by atoms with Gasteiger partial charge in [-0.2, -0.15) is 0 Å². The molecule has 1 saturated heterocycles. The van der Waals surface area contributed by atoms with Crippen LogP contribution in [0.4, 0.5) is 10.3 Å². The predicted octanol–water partition coefficient (Wildman–Crippen LogP) is 4.74. The minimum atomic E-state index is -0.353. The molecular weight excluding hydrogens is 455 g/mol. The fourth-order valence-corrected chi connectivity index (χ4v) is 4.95. The Morgan fingerprint density at radius 1 is 0.972 bits per heavy atom. The van der Waals surface area contributed by atoms with Gasteiger partial charge in [0.1, 0.15) is 5.82 Å². The molecule has 1 aliphatic heterocycles. The van der Waals surface area contributed by atoms with Gasteiger partial charge in [-0.05, 0) is 56.3 Å². The van der Waals surface area contributed by atoms with E-state index in [1.807, 2.05) is 52.6 Å². The molecule has 0 spiro atoms. The van der Waals surface area contributed by atoms with Crippen molar-refractivity contribution in [3.8, 4) is 11.4 Å². The van der Waals surface area contributed by atoms with Crippen molar-refractivity contribution in [3.63, 3.8) is 0 Å². The van der Waals surface area contributed by atoms with Crippen molar-refractivity contribution < 1.29 is 9.18 Å². The molecule has 1 atom stereocenters. The number of carbonyl (C=O) groups excluding carboxylic acids is 1. The highest BCUT2D eigenvalue weighted by Gasteiger charge is 2.31. The van der Waals surface area contributed by atoms with Gasteiger partial charge in [0.05, 0.1) is 5.52 Å². The van der Waals surface area contributed by atoms with Gasteiger partial charge in [0.2, 0.25) is 5.95 Å². The minimum Gasteiger partial charge on any atom is -0.338 e. The zero-order chi connectivity index (χ0) is 24.8. The molecule has 0 radical (unpaired) electrons. The fraction of sp³-hybridized carbons (Fsp3) is 0.214. The topological polar surface area (TPSA) is 66.6 Å². The van der Waals surface area contributed by atoms with Gasteiger partial charge in [0.15, 0.2) is 11.5 Å². The molecule has 1 fully saturated rings. The van der Waals surface area contributed by atoms with Crippen LogP contribution in [-0.2, 0) is 0 Å². The molecule has 0 saturated carbocycles. The second-order valence-corrected chi connectivity index (χ2v) is 9.28. The van der Waals surface area contributed by atoms with Gasteiger partial charge in [0, 0.05) is 42.2 Å². The first-order valence-electron chi connectivity index (χ1n) is 12.0. The van der Waals surface area contributed by atoms with Crippen LogP contribution in [0.25, 0.3) is 27.9 Å². The Bertz CT molecular complexity index is 1600. The van der Waals surface area contributed by atoms with Crippen LogP contribution in [0.2, 0.25) is 0 Å². The molecule has 1 amide bonds. The van der Waals surface area contributed by atoms with Crippen LogP contribution in [-0.4, -0.2) is 56.1 Å². The predicted molar refractivity (Wildman–Crippen MR) is 138 cm³/mol. The summed E-state index contributed by atoms with van der Waals surface area (Å²) in [5, 5.41) is 10.1. The zero-order valence-electron chi connectivity index (χ0n) is 20.1. The Kier molecular flexibility index (Phi) is 5.36. The van der Waals surface area contributed by atoms with Crippen molar-refractivity contribution in [3.05, 3.63) is 89.7 Å². The van der Waals surface area contributed by atoms with E-state index < -0.39 is 0 Å². The highest BCUT2D eigenvalue weighted by Crippen LogP contribution is 2.30. The number of benzene rings is 3. The molecule has 0 bridgehead atoms. The summed E-state index contributed by atoms with van der Waals surface area (Å²) in [5.74, 6) is 1.04. The van der Waals surface area contributed by atoms with Crippen LogP contribution in [0.1, 0.15) is 22.8 Å². The maximum Gasteiger partial charge on any atom is 0.254 e. The number of piperazine rings is 1. The largest absolute Gasteiger partial charge is 0.338 e. The zero-order valence-corrected chi connectivity index (χ0v) is 20.1. The first-order valence-corrected chi connectivity index (χ1v) is 12.0. The first kappa shape index (κ1) is 22.2. The molecule has 0 aliphatic carbocycles. The summed E-state index contributed by atoms with van der Waals surface area (Å²) >= 11 is 0. The number of carbonyl (C=O) groups is 1. The Morgan fingerprint density at radius 3 is 2.56 bits per heavy atom. The average Bonchev–Trinajstić information content (AvgIpc) is 3.34. The lowest BCUT2D eigenvalue weighted by Gasteiger charge is -2.40. The summed E-state index contributed by atoms with van der Waals surface area (Å²) < 4.78 is 15.4. The number of anilines is 1. The molecule has 180 valence electrons. The van der Waals surface area contributed by atoms with E-state index in [4.69, 9.17) is 4.98 Å². The smallest absolute Gasteiger partial charge is 0.254 e. The van der Waals surface area contributed by atoms with Crippen molar-refractivity contribution in [1.29, 1.82) is 0 Å². The second-order valence-electron chi connectivity index (χ2n) is 9.28. The highest BCUT2D eigenvalue weighted by molar-refractivity contribution is 5.95. The third kappa shape index (κ3) is 3.75. The third-order valence-electron chi connectivity index (χ3n) is 6.77. The van der Waals surface area contributed by atoms with Crippen molar-refractivity contribution in [2.24, 2.45) is 0 Å². The second kappa shape index (κ2) is 8.71. The Labute approximate surface area is 207 Å². The van der Waals surface area contributed by atoms with Crippen LogP contribution < -0.4 is 4.90 Å². The van der Waals surface area contributed by atoms with Gasteiger partial charge in [-0.3, -0.25) is 4.79 Å². The van der Waals surface area contributed by atoms with Gasteiger partial charge in [-0.25, -0.2) is 13.8 Å². The lowest BCUT2D eigenvalue weighted by Crippen LogP contribution is -2.54. The Hall–Kier alpha value is -4.33. The van der Waals surface area contributed by atoms with Gasteiger partial charge in [-0.1, -0.05) is 35.9 Å². The van der Waals surface area contributed by atoms with Crippen LogP contribution >= 0.6 is 0 Å². The molecule has 0 unspecified atom stereocenters. The molecule has 5 aromatic rings. The summed E-state index contributed by atoms with van der Waals surface area (Å²) in [5.41, 5.74) is 4.20. The molecule has 6 rings (SSSR count). The maximum absolute atomic E-state index is 13.3. The summed E-state index contributed by atoms with van der Waals surface area (Å²) in [6.07, 6.45) is 0. The molecule has 1 aliphatic rings. The summed E-state index contributed by atoms with van der Waals surface area (Å²) in [6, 6.07) is 21.8. The molecule has 2 aromatic heterocycles. The fourth-order valence-electron chi connectivity index (χ4n) is 4.95. The van der Waals surface area contributed by atoms with Gasteiger partial charge in [0.25, 0.3) is 5.91 Å². The Balaban J connectivity index is 1.41. The van der Waals surface area contributed by atoms with Gasteiger partial charge >= 0.3 is 0 Å². The molecule has 3 heterocycles. The standard InChI is InChI=1S/C28H25FN6O/c1-18-6-5-7-21(16-18)25-31-32-26-23-8-3-4-9-24(23)30-28(35(25)26)33-14-15-34(19(2)17-33)27(36)20-10-12-22(29)13-11-20/h3-13,16,19H,14-15,17H2,1-2H3/t19-/m0/s1. The van der Waals surface area contributed by atoms with E-state index in [0.29, 0.717) is 25.2 Å². The van der Waals surface area contributed by atoms with Gasteiger partial charge < -0.3 is 9.80 Å². The lowest BCUT2D eigenvalue weighted by molar-refractivity contribution is 0.0673. The van der Waals surface area contributed by atoms with Crippen LogP contribution in [0.15, 0.2) is 72.8 Å². The molecule has 3 aromatic carbocycles. The summed E-state index contributed by atoms with van der Waals surface area (Å²) in [7, 11) is 0. The van der Waals surface area contributed by atoms with Crippen LogP contribution in [0.5, 0.6) is 0 Å². The normalized spacial score (nSPS) is 16.1. The van der Waals surface area contributed by atoms with Crippen molar-refractivity contribution in [2.75, 3.05) is 24.5 Å². The number of aryl methyl sites for hydroxylation is 1. The SMILES string of the molecule is Cc1cccc(-c2nnc3c4ccccc4nc(N4CCN(C(=O)c5ccc(F)cc5)[C@@H](C)C4)n23)c1. The van der Waals surface area contributed by atoms with E-state index in [2.05, 4.69) is 34.2 Å². The van der Waals surface area contributed by atoms with Crippen LogP contribution in [0.3, 0.4) is 0 Å². The first-order chi connectivity index (χ1) is 17.5. The van der Waals surface area contributed by atoms with E-state index in [1.54, 1.807) is 0 Å². The highest BCUT2D eigenvalue weighted by atomic mass is 19.1. The number of halogens is 1. The third-order valence-corrected chi connectivity index (χ3v) is 6.77. The lowest BCUT2D eigenvalue weighted by atomic mass is 10.1. The monoisotopic (exact) mass is 480 g/mol. The molecule has 7 nitrogen and oxygen atoms in total. The number of aromatic nitrogens is 4. The quantitative estimate of drug-likeness (QED) is 0.373. The number of amides is 1. The number of hydrogen-bond donors (Lipinski definition) is 0. The Morgan fingerprint density at radius 2 is 1.78 bits per heavy atom. The molecule has 0 N–H and O–H groups in total. The summed E-state index contributed by atoms with van der Waals surface area (Å²) in [6.45, 7) is 5.80. The van der Waals surface area contributed by atoms with E-state index in [0.717, 1.165) is 39.4 Å². The number of para-hydroxylation sites is 1. The molecular formula is C28H25FN6O. The van der Waals surface area contributed by atoms with Crippen molar-refractivity contribution in [2.45, 2.75) is 19.9 Å². The number of fused-ring (bicyclic) bond motifs is 3. The number of hydrogen-bond acceptors (Lipinski definition) is 5.